The molecule has 0 aliphatic carbocycles. The third-order valence-corrected chi connectivity index (χ3v) is 4.18. The Bertz CT molecular complexity index is 974. The SMILES string of the molecule is CCOC(=O)c1ccc2oc3c(O)cc(SC)cc3c(=O)c2c1. The van der Waals surface area contributed by atoms with Crippen LogP contribution in [-0.2, 0) is 4.74 Å². The maximum atomic E-state index is 12.7. The van der Waals surface area contributed by atoms with E-state index in [-0.39, 0.29) is 39.7 Å². The van der Waals surface area contributed by atoms with Crippen molar-refractivity contribution in [1.82, 2.24) is 0 Å². The summed E-state index contributed by atoms with van der Waals surface area (Å²) < 4.78 is 10.6. The molecule has 0 radical (unpaired) electrons. The van der Waals surface area contributed by atoms with Gasteiger partial charge in [0.15, 0.2) is 11.3 Å². The Morgan fingerprint density at radius 2 is 2.04 bits per heavy atom. The Morgan fingerprint density at radius 3 is 2.74 bits per heavy atom. The molecule has 0 fully saturated rings. The van der Waals surface area contributed by atoms with Crippen molar-refractivity contribution >= 4 is 39.7 Å². The van der Waals surface area contributed by atoms with Gasteiger partial charge in [-0.2, -0.15) is 0 Å². The van der Waals surface area contributed by atoms with Crippen molar-refractivity contribution in [3.8, 4) is 5.75 Å². The number of aromatic hydroxyl groups is 1. The molecular formula is C17H14O5S. The average Bonchev–Trinajstić information content (AvgIpc) is 2.55. The van der Waals surface area contributed by atoms with Gasteiger partial charge >= 0.3 is 5.97 Å². The van der Waals surface area contributed by atoms with Crippen LogP contribution < -0.4 is 5.43 Å². The molecule has 0 bridgehead atoms. The van der Waals surface area contributed by atoms with Gasteiger partial charge in [0.25, 0.3) is 0 Å². The number of phenols is 1. The number of carbonyl (C=O) groups is 1. The van der Waals surface area contributed by atoms with Gasteiger partial charge in [-0.3, -0.25) is 4.79 Å². The summed E-state index contributed by atoms with van der Waals surface area (Å²) in [4.78, 5) is 25.3. The molecule has 0 atom stereocenters. The minimum Gasteiger partial charge on any atom is -0.504 e. The fourth-order valence-corrected chi connectivity index (χ4v) is 2.84. The van der Waals surface area contributed by atoms with E-state index < -0.39 is 5.97 Å². The average molecular weight is 330 g/mol. The van der Waals surface area contributed by atoms with Crippen molar-refractivity contribution in [2.45, 2.75) is 11.8 Å². The van der Waals surface area contributed by atoms with Gasteiger partial charge in [0.1, 0.15) is 5.58 Å². The summed E-state index contributed by atoms with van der Waals surface area (Å²) in [6.07, 6.45) is 1.85. The van der Waals surface area contributed by atoms with Crippen LogP contribution >= 0.6 is 11.8 Å². The molecule has 0 spiro atoms. The van der Waals surface area contributed by atoms with Crippen LogP contribution in [0.15, 0.2) is 44.4 Å². The summed E-state index contributed by atoms with van der Waals surface area (Å²) in [6.45, 7) is 1.97. The second-order valence-corrected chi connectivity index (χ2v) is 5.77. The molecule has 0 saturated carbocycles. The molecule has 3 rings (SSSR count). The van der Waals surface area contributed by atoms with E-state index in [4.69, 9.17) is 9.15 Å². The van der Waals surface area contributed by atoms with E-state index >= 15 is 0 Å². The predicted octanol–water partition coefficient (Wildman–Crippen LogP) is 3.55. The zero-order valence-corrected chi connectivity index (χ0v) is 13.4. The van der Waals surface area contributed by atoms with Crippen molar-refractivity contribution in [3.05, 3.63) is 46.1 Å². The molecule has 6 heteroatoms. The fourth-order valence-electron chi connectivity index (χ4n) is 2.37. The van der Waals surface area contributed by atoms with Crippen molar-refractivity contribution in [3.63, 3.8) is 0 Å². The Labute approximate surface area is 135 Å². The summed E-state index contributed by atoms with van der Waals surface area (Å²) >= 11 is 1.41. The molecule has 23 heavy (non-hydrogen) atoms. The van der Waals surface area contributed by atoms with E-state index in [1.165, 1.54) is 30.0 Å². The minimum atomic E-state index is -0.491. The highest BCUT2D eigenvalue weighted by atomic mass is 32.2. The van der Waals surface area contributed by atoms with Crippen LogP contribution in [0.1, 0.15) is 17.3 Å². The summed E-state index contributed by atoms with van der Waals surface area (Å²) in [6, 6.07) is 7.74. The van der Waals surface area contributed by atoms with Gasteiger partial charge in [0, 0.05) is 4.90 Å². The Balaban J connectivity index is 2.32. The highest BCUT2D eigenvalue weighted by Crippen LogP contribution is 2.31. The number of hydrogen-bond acceptors (Lipinski definition) is 6. The lowest BCUT2D eigenvalue weighted by Gasteiger charge is -2.07. The highest BCUT2D eigenvalue weighted by Gasteiger charge is 2.15. The van der Waals surface area contributed by atoms with E-state index in [0.29, 0.717) is 5.58 Å². The molecule has 1 aromatic heterocycles. The number of phenolic OH excluding ortho intramolecular Hbond substituents is 1. The quantitative estimate of drug-likeness (QED) is 0.449. The van der Waals surface area contributed by atoms with Crippen LogP contribution in [0.25, 0.3) is 21.9 Å². The summed E-state index contributed by atoms with van der Waals surface area (Å²) in [5.74, 6) is -0.574. The first-order valence-corrected chi connectivity index (χ1v) is 8.22. The van der Waals surface area contributed by atoms with Crippen molar-refractivity contribution in [2.24, 2.45) is 0 Å². The molecule has 2 aromatic carbocycles. The van der Waals surface area contributed by atoms with Gasteiger partial charge in [-0.25, -0.2) is 4.79 Å². The molecule has 118 valence electrons. The second-order valence-electron chi connectivity index (χ2n) is 4.89. The minimum absolute atomic E-state index is 0.0830. The summed E-state index contributed by atoms with van der Waals surface area (Å²) in [5.41, 5.74) is 0.446. The smallest absolute Gasteiger partial charge is 0.338 e. The Kier molecular flexibility index (Phi) is 4.00. The monoisotopic (exact) mass is 330 g/mol. The molecular weight excluding hydrogens is 316 g/mol. The van der Waals surface area contributed by atoms with Gasteiger partial charge in [0.05, 0.1) is 22.9 Å². The third kappa shape index (κ3) is 2.66. The van der Waals surface area contributed by atoms with Crippen LogP contribution in [0.2, 0.25) is 0 Å². The largest absolute Gasteiger partial charge is 0.504 e. The first-order chi connectivity index (χ1) is 11.0. The number of benzene rings is 2. The normalized spacial score (nSPS) is 11.0. The maximum Gasteiger partial charge on any atom is 0.338 e. The summed E-state index contributed by atoms with van der Waals surface area (Å²) in [5, 5.41) is 10.6. The van der Waals surface area contributed by atoms with Crippen molar-refractivity contribution in [2.75, 3.05) is 12.9 Å². The topological polar surface area (TPSA) is 76.7 Å². The Morgan fingerprint density at radius 1 is 1.26 bits per heavy atom. The van der Waals surface area contributed by atoms with E-state index in [0.717, 1.165) is 4.90 Å². The fraction of sp³-hybridized carbons (Fsp3) is 0.176. The van der Waals surface area contributed by atoms with E-state index in [2.05, 4.69) is 0 Å². The molecule has 5 nitrogen and oxygen atoms in total. The number of fused-ring (bicyclic) bond motifs is 2. The molecule has 0 amide bonds. The Hall–Kier alpha value is -2.47. The number of thioether (sulfide) groups is 1. The lowest BCUT2D eigenvalue weighted by atomic mass is 10.1. The van der Waals surface area contributed by atoms with Gasteiger partial charge < -0.3 is 14.3 Å². The van der Waals surface area contributed by atoms with Gasteiger partial charge in [-0.05, 0) is 43.5 Å². The lowest BCUT2D eigenvalue weighted by Crippen LogP contribution is -2.07. The molecule has 0 unspecified atom stereocenters. The maximum absolute atomic E-state index is 12.7. The number of esters is 1. The standard InChI is InChI=1S/C17H14O5S/c1-3-21-17(20)9-4-5-14-11(6-9)15(19)12-7-10(23-2)8-13(18)16(12)22-14/h4-8,18H,3H2,1-2H3. The molecule has 3 aromatic rings. The third-order valence-electron chi connectivity index (χ3n) is 3.47. The van der Waals surface area contributed by atoms with Crippen molar-refractivity contribution in [1.29, 1.82) is 0 Å². The zero-order chi connectivity index (χ0) is 16.6. The van der Waals surface area contributed by atoms with Crippen LogP contribution in [0, 0.1) is 0 Å². The first kappa shape index (κ1) is 15.4. The highest BCUT2D eigenvalue weighted by molar-refractivity contribution is 7.98. The van der Waals surface area contributed by atoms with Crippen LogP contribution in [-0.4, -0.2) is 23.9 Å². The van der Waals surface area contributed by atoms with E-state index in [9.17, 15) is 14.7 Å². The molecule has 0 saturated heterocycles. The van der Waals surface area contributed by atoms with Crippen LogP contribution in [0.5, 0.6) is 5.75 Å². The lowest BCUT2D eigenvalue weighted by molar-refractivity contribution is 0.0526. The first-order valence-electron chi connectivity index (χ1n) is 7.00. The van der Waals surface area contributed by atoms with E-state index in [1.54, 1.807) is 19.1 Å². The predicted molar refractivity (Wildman–Crippen MR) is 89.4 cm³/mol. The number of rotatable bonds is 3. The molecule has 1 N–H and O–H groups in total. The van der Waals surface area contributed by atoms with Gasteiger partial charge in [-0.15, -0.1) is 11.8 Å². The zero-order valence-electron chi connectivity index (χ0n) is 12.6. The van der Waals surface area contributed by atoms with Gasteiger partial charge in [-0.1, -0.05) is 0 Å². The van der Waals surface area contributed by atoms with Crippen LogP contribution in [0.3, 0.4) is 0 Å². The molecule has 0 aliphatic heterocycles. The second kappa shape index (κ2) is 5.96. The van der Waals surface area contributed by atoms with Crippen molar-refractivity contribution < 1.29 is 19.1 Å². The number of carbonyl (C=O) groups excluding carboxylic acids is 1. The number of hydrogen-bond donors (Lipinski definition) is 1. The molecule has 0 aliphatic rings. The number of ether oxygens (including phenoxy) is 1. The summed E-state index contributed by atoms with van der Waals surface area (Å²) in [7, 11) is 0. The molecule has 1 heterocycles. The van der Waals surface area contributed by atoms with E-state index in [1.807, 2.05) is 6.26 Å². The van der Waals surface area contributed by atoms with Gasteiger partial charge in [0.2, 0.25) is 5.43 Å². The van der Waals surface area contributed by atoms with Crippen LogP contribution in [0.4, 0.5) is 0 Å².